The van der Waals surface area contributed by atoms with Gasteiger partial charge in [0, 0.05) is 5.56 Å². The number of hydrogen-bond acceptors (Lipinski definition) is 7. The Morgan fingerprint density at radius 2 is 1.83 bits per heavy atom. The number of nitrogens with one attached hydrogen (secondary N) is 2. The minimum atomic E-state index is -0.991. The van der Waals surface area contributed by atoms with Crippen LogP contribution in [-0.2, 0) is 14.3 Å². The molecule has 1 aromatic carbocycles. The van der Waals surface area contributed by atoms with Gasteiger partial charge in [0.15, 0.2) is 6.10 Å². The van der Waals surface area contributed by atoms with Crippen molar-refractivity contribution < 1.29 is 19.1 Å². The van der Waals surface area contributed by atoms with Crippen LogP contribution in [0.5, 0.6) is 0 Å². The van der Waals surface area contributed by atoms with Gasteiger partial charge in [0.25, 0.3) is 11.8 Å². The van der Waals surface area contributed by atoms with Crippen molar-refractivity contribution in [1.29, 1.82) is 0 Å². The van der Waals surface area contributed by atoms with Crippen LogP contribution in [0.1, 0.15) is 49.0 Å². The average molecular weight is 419 g/mol. The Kier molecular flexibility index (Phi) is 8.26. The quantitative estimate of drug-likeness (QED) is 0.606. The normalized spacial score (nSPS) is 12.9. The molecule has 2 N–H and O–H groups in total. The number of rotatable bonds is 9. The third-order valence-corrected chi connectivity index (χ3v) is 4.76. The monoisotopic (exact) mass is 418 g/mol. The fraction of sp³-hybridized carbons (Fsp3) is 0.450. The Hall–Kier alpha value is -2.81. The summed E-state index contributed by atoms with van der Waals surface area (Å²) >= 11 is 1.23. The number of ether oxygens (including phenoxy) is 1. The number of carbonyl (C=O) groups is 3. The molecule has 0 saturated heterocycles. The van der Waals surface area contributed by atoms with Gasteiger partial charge in [-0.1, -0.05) is 50.3 Å². The average Bonchev–Trinajstić information content (AvgIpc) is 3.10. The van der Waals surface area contributed by atoms with E-state index in [0.717, 1.165) is 0 Å². The van der Waals surface area contributed by atoms with Crippen molar-refractivity contribution in [3.05, 3.63) is 40.9 Å². The summed E-state index contributed by atoms with van der Waals surface area (Å²) in [7, 11) is 0. The molecule has 0 radical (unpaired) electrons. The molecule has 0 aliphatic carbocycles. The zero-order valence-electron chi connectivity index (χ0n) is 17.0. The molecule has 0 unspecified atom stereocenters. The number of benzene rings is 1. The summed E-state index contributed by atoms with van der Waals surface area (Å²) in [5, 5.41) is 14.1. The van der Waals surface area contributed by atoms with E-state index in [1.807, 2.05) is 13.8 Å². The molecule has 2 atom stereocenters. The number of nitrogens with zero attached hydrogens (tertiary/aromatic N) is 2. The van der Waals surface area contributed by atoms with Crippen molar-refractivity contribution in [1.82, 2.24) is 15.5 Å². The van der Waals surface area contributed by atoms with E-state index in [9.17, 15) is 14.4 Å². The molecule has 2 aromatic rings. The molecule has 1 aromatic heterocycles. The molecule has 0 fully saturated rings. The fourth-order valence-corrected chi connectivity index (χ4v) is 3.19. The minimum absolute atomic E-state index is 0.141. The second-order valence-electron chi connectivity index (χ2n) is 6.97. The molecule has 0 aliphatic rings. The van der Waals surface area contributed by atoms with Crippen LogP contribution in [0.15, 0.2) is 30.3 Å². The van der Waals surface area contributed by atoms with Crippen LogP contribution >= 0.6 is 11.3 Å². The highest BCUT2D eigenvalue weighted by atomic mass is 32.1. The van der Waals surface area contributed by atoms with Crippen LogP contribution in [0, 0.1) is 12.8 Å². The second kappa shape index (κ2) is 10.7. The zero-order valence-corrected chi connectivity index (χ0v) is 17.8. The molecule has 0 spiro atoms. The van der Waals surface area contributed by atoms with E-state index in [2.05, 4.69) is 20.8 Å². The predicted molar refractivity (Wildman–Crippen MR) is 111 cm³/mol. The van der Waals surface area contributed by atoms with Gasteiger partial charge in [-0.25, -0.2) is 4.79 Å². The van der Waals surface area contributed by atoms with Crippen molar-refractivity contribution in [2.24, 2.45) is 5.92 Å². The lowest BCUT2D eigenvalue weighted by Crippen LogP contribution is -2.45. The third kappa shape index (κ3) is 6.94. The van der Waals surface area contributed by atoms with Gasteiger partial charge in [-0.05, 0) is 37.8 Å². The first-order valence-corrected chi connectivity index (χ1v) is 10.3. The number of hydrogen-bond donors (Lipinski definition) is 2. The van der Waals surface area contributed by atoms with Crippen LogP contribution in [0.2, 0.25) is 0 Å². The zero-order chi connectivity index (χ0) is 21.4. The smallest absolute Gasteiger partial charge is 0.329 e. The Morgan fingerprint density at radius 1 is 1.14 bits per heavy atom. The summed E-state index contributed by atoms with van der Waals surface area (Å²) in [6, 6.07) is 7.78. The lowest BCUT2D eigenvalue weighted by Gasteiger charge is -2.22. The van der Waals surface area contributed by atoms with Gasteiger partial charge in [-0.15, -0.1) is 10.2 Å². The molecular formula is C20H26N4O4S. The van der Waals surface area contributed by atoms with E-state index in [1.165, 1.54) is 11.3 Å². The largest absolute Gasteiger partial charge is 0.451 e. The molecule has 29 heavy (non-hydrogen) atoms. The molecule has 0 aliphatic heterocycles. The number of esters is 1. The maximum absolute atomic E-state index is 12.7. The van der Waals surface area contributed by atoms with Crippen molar-refractivity contribution in [3.8, 4) is 0 Å². The molecular weight excluding hydrogens is 392 g/mol. The summed E-state index contributed by atoms with van der Waals surface area (Å²) in [6.07, 6.45) is -0.309. The molecule has 8 nitrogen and oxygen atoms in total. The van der Waals surface area contributed by atoms with Gasteiger partial charge in [-0.3, -0.25) is 14.9 Å². The van der Waals surface area contributed by atoms with Gasteiger partial charge < -0.3 is 10.1 Å². The summed E-state index contributed by atoms with van der Waals surface area (Å²) in [5.41, 5.74) is 0.450. The molecule has 0 bridgehead atoms. The van der Waals surface area contributed by atoms with Crippen molar-refractivity contribution in [2.75, 3.05) is 5.32 Å². The first kappa shape index (κ1) is 22.5. The van der Waals surface area contributed by atoms with E-state index >= 15 is 0 Å². The van der Waals surface area contributed by atoms with Gasteiger partial charge in [0.05, 0.1) is 0 Å². The van der Waals surface area contributed by atoms with Crippen LogP contribution in [0.3, 0.4) is 0 Å². The molecule has 0 saturated carbocycles. The highest BCUT2D eigenvalue weighted by molar-refractivity contribution is 7.15. The lowest BCUT2D eigenvalue weighted by molar-refractivity contribution is -0.156. The van der Waals surface area contributed by atoms with E-state index in [4.69, 9.17) is 4.74 Å². The maximum atomic E-state index is 12.7. The highest BCUT2D eigenvalue weighted by Crippen LogP contribution is 2.16. The minimum Gasteiger partial charge on any atom is -0.451 e. The summed E-state index contributed by atoms with van der Waals surface area (Å²) < 4.78 is 5.43. The van der Waals surface area contributed by atoms with E-state index in [1.54, 1.807) is 44.2 Å². The first-order valence-electron chi connectivity index (χ1n) is 9.47. The second-order valence-corrected chi connectivity index (χ2v) is 8.15. The maximum Gasteiger partial charge on any atom is 0.329 e. The van der Waals surface area contributed by atoms with E-state index < -0.39 is 24.0 Å². The molecule has 2 rings (SSSR count). The van der Waals surface area contributed by atoms with Crippen molar-refractivity contribution in [2.45, 2.75) is 52.7 Å². The van der Waals surface area contributed by atoms with Crippen LogP contribution in [0.4, 0.5) is 5.13 Å². The van der Waals surface area contributed by atoms with Crippen LogP contribution in [-0.4, -0.2) is 40.1 Å². The molecule has 156 valence electrons. The number of carbonyl (C=O) groups excluding carboxylic acids is 3. The van der Waals surface area contributed by atoms with E-state index in [0.29, 0.717) is 22.1 Å². The Bertz CT molecular complexity index is 838. The Morgan fingerprint density at radius 3 is 2.38 bits per heavy atom. The number of amides is 2. The number of anilines is 1. The SMILES string of the molecule is CC[C@@H](OC(=O)[C@@H](CC(C)C)NC(=O)c1ccccc1)C(=O)Nc1nnc(C)s1. The topological polar surface area (TPSA) is 110 Å². The summed E-state index contributed by atoms with van der Waals surface area (Å²) in [6.45, 7) is 7.40. The Labute approximate surface area is 174 Å². The Balaban J connectivity index is 2.04. The van der Waals surface area contributed by atoms with Gasteiger partial charge in [-0.2, -0.15) is 0 Å². The third-order valence-electron chi connectivity index (χ3n) is 4.01. The van der Waals surface area contributed by atoms with Crippen molar-refractivity contribution >= 4 is 34.3 Å². The fourth-order valence-electron chi connectivity index (χ4n) is 2.59. The summed E-state index contributed by atoms with van der Waals surface area (Å²) in [4.78, 5) is 37.6. The van der Waals surface area contributed by atoms with E-state index in [-0.39, 0.29) is 18.2 Å². The molecule has 1 heterocycles. The number of aryl methyl sites for hydroxylation is 1. The van der Waals surface area contributed by atoms with Crippen LogP contribution < -0.4 is 10.6 Å². The van der Waals surface area contributed by atoms with Crippen LogP contribution in [0.25, 0.3) is 0 Å². The highest BCUT2D eigenvalue weighted by Gasteiger charge is 2.29. The van der Waals surface area contributed by atoms with Crippen molar-refractivity contribution in [3.63, 3.8) is 0 Å². The predicted octanol–water partition coefficient (Wildman–Crippen LogP) is 2.95. The summed E-state index contributed by atoms with van der Waals surface area (Å²) in [5.74, 6) is -1.34. The number of aromatic nitrogens is 2. The van der Waals surface area contributed by atoms with Gasteiger partial charge in [0.1, 0.15) is 11.0 Å². The first-order chi connectivity index (χ1) is 13.8. The van der Waals surface area contributed by atoms with Gasteiger partial charge in [0.2, 0.25) is 5.13 Å². The van der Waals surface area contributed by atoms with Gasteiger partial charge >= 0.3 is 5.97 Å². The lowest BCUT2D eigenvalue weighted by atomic mass is 10.0. The standard InChI is InChI=1S/C20H26N4O4S/c1-5-16(18(26)22-20-24-23-13(4)29-20)28-19(27)15(11-12(2)3)21-17(25)14-9-7-6-8-10-14/h6-10,12,15-16H,5,11H2,1-4H3,(H,21,25)(H,22,24,26)/t15-,16-/m1/s1. The molecule has 2 amide bonds. The molecule has 9 heteroatoms.